The van der Waals surface area contributed by atoms with Gasteiger partial charge < -0.3 is 14.9 Å². The van der Waals surface area contributed by atoms with E-state index in [0.717, 1.165) is 17.8 Å². The van der Waals surface area contributed by atoms with Gasteiger partial charge in [-0.2, -0.15) is 0 Å². The summed E-state index contributed by atoms with van der Waals surface area (Å²) in [5.41, 5.74) is 7.81. The van der Waals surface area contributed by atoms with Crippen LogP contribution in [0.1, 0.15) is 31.4 Å². The first kappa shape index (κ1) is 13.5. The number of pyridine rings is 1. The maximum Gasteiger partial charge on any atom is 0.306 e. The number of aromatic nitrogens is 2. The van der Waals surface area contributed by atoms with Crippen LogP contribution in [0.15, 0.2) is 30.6 Å². The molecule has 2 heterocycles. The highest BCUT2D eigenvalue weighted by molar-refractivity contribution is 5.70. The smallest absolute Gasteiger partial charge is 0.306 e. The van der Waals surface area contributed by atoms with Crippen LogP contribution in [0.25, 0.3) is 5.65 Å². The first-order valence-electron chi connectivity index (χ1n) is 6.41. The average Bonchev–Trinajstić information content (AvgIpc) is 2.87. The van der Waals surface area contributed by atoms with Crippen molar-refractivity contribution in [1.82, 2.24) is 9.38 Å². The fraction of sp³-hybridized carbons (Fsp3) is 0.429. The Kier molecular flexibility index (Phi) is 4.16. The zero-order chi connectivity index (χ0) is 13.8. The molecule has 0 radical (unpaired) electrons. The van der Waals surface area contributed by atoms with Crippen LogP contribution < -0.4 is 5.73 Å². The number of ether oxygens (including phenoxy) is 1. The summed E-state index contributed by atoms with van der Waals surface area (Å²) in [6, 6.07) is 5.69. The lowest BCUT2D eigenvalue weighted by Crippen LogP contribution is -2.30. The molecule has 0 aromatic carbocycles. The second-order valence-electron chi connectivity index (χ2n) is 4.59. The van der Waals surface area contributed by atoms with Gasteiger partial charge in [0.05, 0.1) is 19.2 Å². The van der Waals surface area contributed by atoms with Gasteiger partial charge in [0.1, 0.15) is 5.65 Å². The molecule has 0 saturated carbocycles. The maximum atomic E-state index is 11.5. The quantitative estimate of drug-likeness (QED) is 0.832. The van der Waals surface area contributed by atoms with Crippen LogP contribution in [-0.4, -0.2) is 28.5 Å². The average molecular weight is 261 g/mol. The third-order valence-electron chi connectivity index (χ3n) is 3.37. The molecule has 0 aliphatic carbocycles. The zero-order valence-electron chi connectivity index (χ0n) is 11.2. The van der Waals surface area contributed by atoms with E-state index in [-0.39, 0.29) is 24.3 Å². The van der Waals surface area contributed by atoms with Gasteiger partial charge in [-0.15, -0.1) is 0 Å². The lowest BCUT2D eigenvalue weighted by Gasteiger charge is -2.19. The molecular formula is C14H19N3O2. The molecule has 102 valence electrons. The Bertz CT molecular complexity index is 532. The van der Waals surface area contributed by atoms with Gasteiger partial charge in [-0.1, -0.05) is 13.0 Å². The van der Waals surface area contributed by atoms with Gasteiger partial charge >= 0.3 is 5.97 Å². The van der Waals surface area contributed by atoms with E-state index in [2.05, 4.69) is 4.98 Å². The fourth-order valence-electron chi connectivity index (χ4n) is 2.16. The molecule has 2 unspecified atom stereocenters. The van der Waals surface area contributed by atoms with Crippen molar-refractivity contribution in [3.05, 3.63) is 36.3 Å². The topological polar surface area (TPSA) is 69.6 Å². The molecule has 2 aromatic rings. The molecule has 0 saturated heterocycles. The molecule has 0 fully saturated rings. The van der Waals surface area contributed by atoms with Gasteiger partial charge in [-0.25, -0.2) is 4.98 Å². The summed E-state index contributed by atoms with van der Waals surface area (Å²) in [5, 5.41) is 0. The largest absolute Gasteiger partial charge is 0.469 e. The van der Waals surface area contributed by atoms with Crippen molar-refractivity contribution in [3.63, 3.8) is 0 Å². The van der Waals surface area contributed by atoms with E-state index in [4.69, 9.17) is 10.5 Å². The number of methoxy groups -OCH3 is 1. The highest BCUT2D eigenvalue weighted by atomic mass is 16.5. The predicted molar refractivity (Wildman–Crippen MR) is 72.8 cm³/mol. The minimum Gasteiger partial charge on any atom is -0.469 e. The highest BCUT2D eigenvalue weighted by Crippen LogP contribution is 2.24. The lowest BCUT2D eigenvalue weighted by atomic mass is 9.92. The van der Waals surface area contributed by atoms with Crippen LogP contribution in [0.4, 0.5) is 0 Å². The Morgan fingerprint density at radius 3 is 2.95 bits per heavy atom. The van der Waals surface area contributed by atoms with Crippen LogP contribution >= 0.6 is 0 Å². The molecule has 5 nitrogen and oxygen atoms in total. The van der Waals surface area contributed by atoms with E-state index in [0.29, 0.717) is 0 Å². The summed E-state index contributed by atoms with van der Waals surface area (Å²) in [4.78, 5) is 16.1. The van der Waals surface area contributed by atoms with Gasteiger partial charge in [0.15, 0.2) is 0 Å². The molecule has 5 heteroatoms. The predicted octanol–water partition coefficient (Wildman–Crippen LogP) is 1.72. The van der Waals surface area contributed by atoms with Gasteiger partial charge in [0.2, 0.25) is 0 Å². The number of imidazole rings is 1. The van der Waals surface area contributed by atoms with Gasteiger partial charge in [-0.05, 0) is 18.6 Å². The molecule has 2 rings (SSSR count). The Balaban J connectivity index is 2.33. The van der Waals surface area contributed by atoms with Crippen molar-refractivity contribution in [1.29, 1.82) is 0 Å². The van der Waals surface area contributed by atoms with Crippen molar-refractivity contribution < 1.29 is 9.53 Å². The van der Waals surface area contributed by atoms with Crippen molar-refractivity contribution in [2.45, 2.75) is 31.7 Å². The van der Waals surface area contributed by atoms with E-state index < -0.39 is 0 Å². The van der Waals surface area contributed by atoms with Crippen molar-refractivity contribution in [3.8, 4) is 0 Å². The van der Waals surface area contributed by atoms with E-state index >= 15 is 0 Å². The van der Waals surface area contributed by atoms with E-state index in [1.165, 1.54) is 7.11 Å². The van der Waals surface area contributed by atoms with E-state index in [1.54, 1.807) is 0 Å². The second-order valence-corrected chi connectivity index (χ2v) is 4.59. The maximum absolute atomic E-state index is 11.5. The standard InChI is InChI=1S/C14H19N3O2/c1-3-11(15)10(8-14(18)19-2)12-9-17-7-5-4-6-13(17)16-12/h4-7,9-11H,3,8,15H2,1-2H3. The molecule has 19 heavy (non-hydrogen) atoms. The molecule has 2 N–H and O–H groups in total. The summed E-state index contributed by atoms with van der Waals surface area (Å²) in [6.45, 7) is 2.00. The first-order valence-corrected chi connectivity index (χ1v) is 6.41. The monoisotopic (exact) mass is 261 g/mol. The van der Waals surface area contributed by atoms with Crippen LogP contribution in [0, 0.1) is 0 Å². The molecule has 0 spiro atoms. The first-order chi connectivity index (χ1) is 9.15. The number of esters is 1. The van der Waals surface area contributed by atoms with Crippen LogP contribution in [0.5, 0.6) is 0 Å². The number of nitrogens with zero attached hydrogens (tertiary/aromatic N) is 2. The minimum atomic E-state index is -0.258. The molecule has 0 amide bonds. The van der Waals surface area contributed by atoms with Crippen molar-refractivity contribution in [2.75, 3.05) is 7.11 Å². The summed E-state index contributed by atoms with van der Waals surface area (Å²) in [6.07, 6.45) is 4.90. The van der Waals surface area contributed by atoms with E-state index in [1.807, 2.05) is 41.9 Å². The summed E-state index contributed by atoms with van der Waals surface area (Å²) < 4.78 is 6.67. The Morgan fingerprint density at radius 1 is 1.53 bits per heavy atom. The molecule has 2 atom stereocenters. The summed E-state index contributed by atoms with van der Waals surface area (Å²) in [7, 11) is 1.39. The Morgan fingerprint density at radius 2 is 2.32 bits per heavy atom. The van der Waals surface area contributed by atoms with E-state index in [9.17, 15) is 4.79 Å². The SMILES string of the molecule is CCC(N)C(CC(=O)OC)c1cn2ccccc2n1. The summed E-state index contributed by atoms with van der Waals surface area (Å²) in [5.74, 6) is -0.372. The van der Waals surface area contributed by atoms with Crippen molar-refractivity contribution in [2.24, 2.45) is 5.73 Å². The summed E-state index contributed by atoms with van der Waals surface area (Å²) >= 11 is 0. The minimum absolute atomic E-state index is 0.107. The number of carbonyl (C=O) groups excluding carboxylic acids is 1. The molecule has 0 bridgehead atoms. The number of rotatable bonds is 5. The number of hydrogen-bond donors (Lipinski definition) is 1. The number of carbonyl (C=O) groups is 1. The lowest BCUT2D eigenvalue weighted by molar-refractivity contribution is -0.141. The number of nitrogens with two attached hydrogens (primary N) is 1. The Labute approximate surface area is 112 Å². The fourth-order valence-corrected chi connectivity index (χ4v) is 2.16. The van der Waals surface area contributed by atoms with Gasteiger partial charge in [0, 0.05) is 24.4 Å². The van der Waals surface area contributed by atoms with Crippen LogP contribution in [0.2, 0.25) is 0 Å². The van der Waals surface area contributed by atoms with Crippen LogP contribution in [0.3, 0.4) is 0 Å². The Hall–Kier alpha value is -1.88. The third kappa shape index (κ3) is 2.93. The van der Waals surface area contributed by atoms with Gasteiger partial charge in [0.25, 0.3) is 0 Å². The number of fused-ring (bicyclic) bond motifs is 1. The van der Waals surface area contributed by atoms with Crippen LogP contribution in [-0.2, 0) is 9.53 Å². The highest BCUT2D eigenvalue weighted by Gasteiger charge is 2.24. The number of hydrogen-bond acceptors (Lipinski definition) is 4. The zero-order valence-corrected chi connectivity index (χ0v) is 11.2. The molecule has 0 aliphatic rings. The van der Waals surface area contributed by atoms with Crippen molar-refractivity contribution >= 4 is 11.6 Å². The molecular weight excluding hydrogens is 242 g/mol. The third-order valence-corrected chi connectivity index (χ3v) is 3.37. The second kappa shape index (κ2) is 5.84. The molecule has 0 aliphatic heterocycles. The normalized spacial score (nSPS) is 14.3. The molecule has 2 aromatic heterocycles. The van der Waals surface area contributed by atoms with Gasteiger partial charge in [-0.3, -0.25) is 4.79 Å².